The van der Waals surface area contributed by atoms with Crippen molar-refractivity contribution in [1.82, 2.24) is 0 Å². The number of hydrogen-bond donors (Lipinski definition) is 3. The number of carboxylic acid groups (broad SMARTS) is 1. The molecule has 0 saturated heterocycles. The molecular formula is C19H22O6. The van der Waals surface area contributed by atoms with Gasteiger partial charge in [0.1, 0.15) is 23.0 Å². The van der Waals surface area contributed by atoms with Crippen LogP contribution in [0.4, 0.5) is 0 Å². The normalized spacial score (nSPS) is 11.8. The zero-order chi connectivity index (χ0) is 18.6. The highest BCUT2D eigenvalue weighted by Gasteiger charge is 2.23. The number of carbonyl (C=O) groups is 1. The van der Waals surface area contributed by atoms with Crippen LogP contribution >= 0.6 is 0 Å². The predicted octanol–water partition coefficient (Wildman–Crippen LogP) is 3.44. The Morgan fingerprint density at radius 3 is 2.08 bits per heavy atom. The fourth-order valence-electron chi connectivity index (χ4n) is 2.95. The minimum absolute atomic E-state index is 0.00738. The standard InChI is InChI=1S/C19H22O6/c1-11(10-17(22)23)9-12-15(24-2)7-8-16(25-3)18(12)19-13(20)5-4-6-14(19)21/h4-8,11,20-21H,9-10H2,1-3H3,(H,22,23). The minimum Gasteiger partial charge on any atom is -0.507 e. The van der Waals surface area contributed by atoms with Crippen molar-refractivity contribution in [3.63, 3.8) is 0 Å². The highest BCUT2D eigenvalue weighted by molar-refractivity contribution is 5.84. The lowest BCUT2D eigenvalue weighted by Crippen LogP contribution is -2.09. The van der Waals surface area contributed by atoms with E-state index in [0.717, 1.165) is 0 Å². The first-order chi connectivity index (χ1) is 11.9. The van der Waals surface area contributed by atoms with Gasteiger partial charge >= 0.3 is 5.97 Å². The minimum atomic E-state index is -0.888. The molecule has 0 spiro atoms. The van der Waals surface area contributed by atoms with Gasteiger partial charge in [-0.15, -0.1) is 0 Å². The lowest BCUT2D eigenvalue weighted by atomic mass is 9.89. The molecule has 1 unspecified atom stereocenters. The number of methoxy groups -OCH3 is 2. The molecule has 0 aliphatic rings. The largest absolute Gasteiger partial charge is 0.507 e. The third-order valence-corrected chi connectivity index (χ3v) is 4.02. The molecule has 0 bridgehead atoms. The zero-order valence-corrected chi connectivity index (χ0v) is 14.4. The molecule has 134 valence electrons. The number of benzene rings is 2. The maximum absolute atomic E-state index is 11.0. The zero-order valence-electron chi connectivity index (χ0n) is 14.4. The average molecular weight is 346 g/mol. The second-order valence-corrected chi connectivity index (χ2v) is 5.90. The molecule has 2 aromatic rings. The van der Waals surface area contributed by atoms with E-state index in [9.17, 15) is 15.0 Å². The lowest BCUT2D eigenvalue weighted by molar-refractivity contribution is -0.137. The van der Waals surface area contributed by atoms with E-state index in [4.69, 9.17) is 14.6 Å². The summed E-state index contributed by atoms with van der Waals surface area (Å²) in [6.07, 6.45) is 0.377. The summed E-state index contributed by atoms with van der Waals surface area (Å²) in [5, 5.41) is 29.6. The Labute approximate surface area is 146 Å². The number of phenols is 2. The van der Waals surface area contributed by atoms with Gasteiger partial charge in [-0.25, -0.2) is 0 Å². The molecule has 0 fully saturated rings. The monoisotopic (exact) mass is 346 g/mol. The average Bonchev–Trinajstić information content (AvgIpc) is 2.54. The first-order valence-electron chi connectivity index (χ1n) is 7.86. The van der Waals surface area contributed by atoms with Crippen molar-refractivity contribution in [2.75, 3.05) is 14.2 Å². The molecule has 0 heterocycles. The molecule has 6 heteroatoms. The van der Waals surface area contributed by atoms with Crippen LogP contribution in [0.1, 0.15) is 18.9 Å². The van der Waals surface area contributed by atoms with E-state index in [1.54, 1.807) is 12.1 Å². The van der Waals surface area contributed by atoms with E-state index < -0.39 is 5.97 Å². The Bertz CT molecular complexity index is 748. The first kappa shape index (κ1) is 18.4. The Balaban J connectivity index is 2.69. The van der Waals surface area contributed by atoms with Crippen LogP contribution < -0.4 is 9.47 Å². The summed E-state index contributed by atoms with van der Waals surface area (Å²) in [5.74, 6) is -0.269. The van der Waals surface area contributed by atoms with Gasteiger partial charge in [0.2, 0.25) is 0 Å². The van der Waals surface area contributed by atoms with Crippen LogP contribution in [0.25, 0.3) is 11.1 Å². The maximum atomic E-state index is 11.0. The number of ether oxygens (including phenoxy) is 2. The maximum Gasteiger partial charge on any atom is 0.303 e. The summed E-state index contributed by atoms with van der Waals surface area (Å²) < 4.78 is 10.8. The summed E-state index contributed by atoms with van der Waals surface area (Å²) in [5.41, 5.74) is 1.40. The van der Waals surface area contributed by atoms with Crippen molar-refractivity contribution >= 4 is 5.97 Å². The molecule has 0 amide bonds. The molecule has 6 nitrogen and oxygen atoms in total. The Morgan fingerprint density at radius 2 is 1.56 bits per heavy atom. The molecule has 0 aromatic heterocycles. The second-order valence-electron chi connectivity index (χ2n) is 5.90. The lowest BCUT2D eigenvalue weighted by Gasteiger charge is -2.21. The Kier molecular flexibility index (Phi) is 5.75. The van der Waals surface area contributed by atoms with Gasteiger partial charge in [0.25, 0.3) is 0 Å². The van der Waals surface area contributed by atoms with Gasteiger partial charge in [0.05, 0.1) is 19.8 Å². The van der Waals surface area contributed by atoms with E-state index in [1.165, 1.54) is 32.4 Å². The number of hydrogen-bond acceptors (Lipinski definition) is 5. The third-order valence-electron chi connectivity index (χ3n) is 4.02. The van der Waals surface area contributed by atoms with Crippen molar-refractivity contribution in [2.24, 2.45) is 5.92 Å². The molecule has 0 radical (unpaired) electrons. The van der Waals surface area contributed by atoms with E-state index in [1.807, 2.05) is 6.92 Å². The summed E-state index contributed by atoms with van der Waals surface area (Å²) in [6, 6.07) is 7.89. The van der Waals surface area contributed by atoms with Gasteiger partial charge in [-0.05, 0) is 36.6 Å². The summed E-state index contributed by atoms with van der Waals surface area (Å²) in [4.78, 5) is 11.0. The van der Waals surface area contributed by atoms with Crippen LogP contribution in [0.3, 0.4) is 0 Å². The molecular weight excluding hydrogens is 324 g/mol. The molecule has 0 aliphatic carbocycles. The van der Waals surface area contributed by atoms with Crippen molar-refractivity contribution in [1.29, 1.82) is 0 Å². The van der Waals surface area contributed by atoms with Crippen molar-refractivity contribution < 1.29 is 29.6 Å². The first-order valence-corrected chi connectivity index (χ1v) is 7.86. The molecule has 25 heavy (non-hydrogen) atoms. The third kappa shape index (κ3) is 3.96. The van der Waals surface area contributed by atoms with Gasteiger partial charge in [0.15, 0.2) is 0 Å². The van der Waals surface area contributed by atoms with Gasteiger partial charge in [-0.2, -0.15) is 0 Å². The quantitative estimate of drug-likeness (QED) is 0.711. The van der Waals surface area contributed by atoms with Gasteiger partial charge in [-0.1, -0.05) is 13.0 Å². The molecule has 2 rings (SSSR count). The number of phenolic OH excluding ortho intramolecular Hbond substituents is 2. The highest BCUT2D eigenvalue weighted by Crippen LogP contribution is 2.47. The predicted molar refractivity (Wildman–Crippen MR) is 93.4 cm³/mol. The van der Waals surface area contributed by atoms with Crippen LogP contribution in [0.15, 0.2) is 30.3 Å². The van der Waals surface area contributed by atoms with E-state index in [2.05, 4.69) is 0 Å². The Hall–Kier alpha value is -2.89. The van der Waals surface area contributed by atoms with Gasteiger partial charge in [-0.3, -0.25) is 4.79 Å². The van der Waals surface area contributed by atoms with E-state index >= 15 is 0 Å². The van der Waals surface area contributed by atoms with Crippen molar-refractivity contribution in [3.05, 3.63) is 35.9 Å². The SMILES string of the molecule is COc1ccc(OC)c(-c2c(O)cccc2O)c1CC(C)CC(=O)O. The fourth-order valence-corrected chi connectivity index (χ4v) is 2.95. The topological polar surface area (TPSA) is 96.2 Å². The summed E-state index contributed by atoms with van der Waals surface area (Å²) in [7, 11) is 3.01. The number of rotatable bonds is 7. The van der Waals surface area contributed by atoms with Gasteiger partial charge < -0.3 is 24.8 Å². The van der Waals surface area contributed by atoms with Crippen molar-refractivity contribution in [2.45, 2.75) is 19.8 Å². The van der Waals surface area contributed by atoms with Crippen LogP contribution in [-0.2, 0) is 11.2 Å². The summed E-state index contributed by atoms with van der Waals surface area (Å²) >= 11 is 0. The van der Waals surface area contributed by atoms with E-state index in [0.29, 0.717) is 29.0 Å². The van der Waals surface area contributed by atoms with Gasteiger partial charge in [0, 0.05) is 17.5 Å². The Morgan fingerprint density at radius 1 is 1.00 bits per heavy atom. The van der Waals surface area contributed by atoms with Crippen LogP contribution in [-0.4, -0.2) is 35.5 Å². The molecule has 3 N–H and O–H groups in total. The fraction of sp³-hybridized carbons (Fsp3) is 0.316. The molecule has 1 atom stereocenters. The number of carboxylic acids is 1. The number of aliphatic carboxylic acids is 1. The van der Waals surface area contributed by atoms with E-state index in [-0.39, 0.29) is 29.4 Å². The molecule has 0 saturated carbocycles. The second kappa shape index (κ2) is 7.79. The summed E-state index contributed by atoms with van der Waals surface area (Å²) in [6.45, 7) is 1.82. The number of aromatic hydroxyl groups is 2. The molecule has 0 aliphatic heterocycles. The van der Waals surface area contributed by atoms with Crippen LogP contribution in [0.5, 0.6) is 23.0 Å². The molecule has 2 aromatic carbocycles. The van der Waals surface area contributed by atoms with Crippen LogP contribution in [0, 0.1) is 5.92 Å². The highest BCUT2D eigenvalue weighted by atomic mass is 16.5. The van der Waals surface area contributed by atoms with Crippen molar-refractivity contribution in [3.8, 4) is 34.1 Å². The smallest absolute Gasteiger partial charge is 0.303 e. The van der Waals surface area contributed by atoms with Crippen LogP contribution in [0.2, 0.25) is 0 Å².